The standard InChI is InChI=1S/C17H15ClN2O3/c18-12-6-7-13(11-4-2-1-3-5-11)14(10-12)19-17(23)20-9-8-15(20)16(21)22/h1-7,10,15H,8-9H2,(H,19,23)(H,21,22). The van der Waals surface area contributed by atoms with Crippen LogP contribution in [0.4, 0.5) is 10.5 Å². The van der Waals surface area contributed by atoms with E-state index in [9.17, 15) is 9.59 Å². The van der Waals surface area contributed by atoms with Crippen molar-refractivity contribution < 1.29 is 14.7 Å². The van der Waals surface area contributed by atoms with Crippen molar-refractivity contribution in [2.75, 3.05) is 11.9 Å². The molecule has 23 heavy (non-hydrogen) atoms. The predicted octanol–water partition coefficient (Wildman–Crippen LogP) is 3.70. The average Bonchev–Trinajstić information content (AvgIpc) is 2.46. The van der Waals surface area contributed by atoms with Gasteiger partial charge in [0.1, 0.15) is 6.04 Å². The number of halogens is 1. The summed E-state index contributed by atoms with van der Waals surface area (Å²) in [5, 5.41) is 12.3. The molecule has 0 radical (unpaired) electrons. The Morgan fingerprint density at radius 1 is 1.17 bits per heavy atom. The molecular weight excluding hydrogens is 316 g/mol. The summed E-state index contributed by atoms with van der Waals surface area (Å²) in [7, 11) is 0. The number of nitrogens with zero attached hydrogens (tertiary/aromatic N) is 1. The molecule has 0 saturated carbocycles. The molecule has 2 aromatic carbocycles. The van der Waals surface area contributed by atoms with Crippen LogP contribution in [0.25, 0.3) is 11.1 Å². The van der Waals surface area contributed by atoms with Gasteiger partial charge in [-0.1, -0.05) is 48.0 Å². The number of benzene rings is 2. The molecule has 2 aromatic rings. The van der Waals surface area contributed by atoms with Gasteiger partial charge in [0.2, 0.25) is 0 Å². The predicted molar refractivity (Wildman–Crippen MR) is 88.7 cm³/mol. The Balaban J connectivity index is 1.86. The van der Waals surface area contributed by atoms with Gasteiger partial charge in [-0.25, -0.2) is 9.59 Å². The zero-order valence-corrected chi connectivity index (χ0v) is 13.0. The van der Waals surface area contributed by atoms with Gasteiger partial charge in [-0.2, -0.15) is 0 Å². The molecule has 1 saturated heterocycles. The maximum Gasteiger partial charge on any atom is 0.326 e. The summed E-state index contributed by atoms with van der Waals surface area (Å²) in [5.74, 6) is -0.985. The Morgan fingerprint density at radius 2 is 1.91 bits per heavy atom. The summed E-state index contributed by atoms with van der Waals surface area (Å²) in [6.07, 6.45) is 0.476. The monoisotopic (exact) mass is 330 g/mol. The fourth-order valence-corrected chi connectivity index (χ4v) is 2.74. The smallest absolute Gasteiger partial charge is 0.326 e. The molecule has 1 atom stereocenters. The number of aliphatic carboxylic acids is 1. The van der Waals surface area contributed by atoms with Gasteiger partial charge < -0.3 is 15.3 Å². The van der Waals surface area contributed by atoms with E-state index < -0.39 is 18.0 Å². The van der Waals surface area contributed by atoms with Gasteiger partial charge in [0.05, 0.1) is 5.69 Å². The van der Waals surface area contributed by atoms with Crippen LogP contribution >= 0.6 is 11.6 Å². The Labute approximate surface area is 138 Å². The Hall–Kier alpha value is -2.53. The molecule has 118 valence electrons. The van der Waals surface area contributed by atoms with E-state index in [4.69, 9.17) is 16.7 Å². The third kappa shape index (κ3) is 3.14. The lowest BCUT2D eigenvalue weighted by Crippen LogP contribution is -2.56. The normalized spacial score (nSPS) is 16.6. The number of carboxylic acids is 1. The van der Waals surface area contributed by atoms with Crippen molar-refractivity contribution in [3.63, 3.8) is 0 Å². The zero-order valence-electron chi connectivity index (χ0n) is 12.2. The molecule has 0 bridgehead atoms. The minimum Gasteiger partial charge on any atom is -0.480 e. The van der Waals surface area contributed by atoms with Crippen molar-refractivity contribution >= 4 is 29.3 Å². The van der Waals surface area contributed by atoms with Crippen molar-refractivity contribution in [2.45, 2.75) is 12.5 Å². The highest BCUT2D eigenvalue weighted by molar-refractivity contribution is 6.31. The van der Waals surface area contributed by atoms with E-state index in [-0.39, 0.29) is 0 Å². The number of rotatable bonds is 3. The van der Waals surface area contributed by atoms with E-state index in [0.29, 0.717) is 23.7 Å². The van der Waals surface area contributed by atoms with Gasteiger partial charge in [0.25, 0.3) is 0 Å². The summed E-state index contributed by atoms with van der Waals surface area (Å²) >= 11 is 6.04. The van der Waals surface area contributed by atoms with E-state index in [1.165, 1.54) is 4.90 Å². The number of carboxylic acid groups (broad SMARTS) is 1. The van der Waals surface area contributed by atoms with Crippen LogP contribution in [0.2, 0.25) is 5.02 Å². The topological polar surface area (TPSA) is 69.6 Å². The fraction of sp³-hybridized carbons (Fsp3) is 0.176. The summed E-state index contributed by atoms with van der Waals surface area (Å²) in [6, 6.07) is 13.7. The summed E-state index contributed by atoms with van der Waals surface area (Å²) in [6.45, 7) is 0.435. The van der Waals surface area contributed by atoms with Crippen LogP contribution in [0.5, 0.6) is 0 Å². The van der Waals surface area contributed by atoms with E-state index in [0.717, 1.165) is 11.1 Å². The van der Waals surface area contributed by atoms with Crippen molar-refractivity contribution in [1.29, 1.82) is 0 Å². The number of anilines is 1. The number of amides is 2. The molecule has 6 heteroatoms. The number of carbonyl (C=O) groups excluding carboxylic acids is 1. The van der Waals surface area contributed by atoms with Crippen LogP contribution in [0.15, 0.2) is 48.5 Å². The van der Waals surface area contributed by atoms with Crippen LogP contribution in [0.3, 0.4) is 0 Å². The van der Waals surface area contributed by atoms with Crippen LogP contribution in [-0.2, 0) is 4.79 Å². The molecule has 0 aliphatic carbocycles. The van der Waals surface area contributed by atoms with Gasteiger partial charge in [-0.05, 0) is 24.1 Å². The molecule has 0 spiro atoms. The molecule has 1 aliphatic rings. The summed E-state index contributed by atoms with van der Waals surface area (Å²) in [5.41, 5.74) is 2.33. The van der Waals surface area contributed by atoms with Crippen molar-refractivity contribution in [1.82, 2.24) is 4.90 Å². The second-order valence-electron chi connectivity index (χ2n) is 5.32. The highest BCUT2D eigenvalue weighted by Crippen LogP contribution is 2.31. The first-order valence-electron chi connectivity index (χ1n) is 7.21. The van der Waals surface area contributed by atoms with Gasteiger partial charge in [0.15, 0.2) is 0 Å². The molecule has 1 aliphatic heterocycles. The molecule has 1 heterocycles. The maximum atomic E-state index is 12.3. The number of hydrogen-bond acceptors (Lipinski definition) is 2. The Bertz CT molecular complexity index is 749. The average molecular weight is 331 g/mol. The number of nitrogens with one attached hydrogen (secondary N) is 1. The highest BCUT2D eigenvalue weighted by Gasteiger charge is 2.37. The molecule has 0 aromatic heterocycles. The molecular formula is C17H15ClN2O3. The van der Waals surface area contributed by atoms with Gasteiger partial charge in [-0.3, -0.25) is 0 Å². The van der Waals surface area contributed by atoms with Gasteiger partial charge >= 0.3 is 12.0 Å². The number of urea groups is 1. The van der Waals surface area contributed by atoms with Crippen molar-refractivity contribution in [2.24, 2.45) is 0 Å². The van der Waals surface area contributed by atoms with E-state index >= 15 is 0 Å². The third-order valence-electron chi connectivity index (χ3n) is 3.87. The Kier molecular flexibility index (Phi) is 4.21. The minimum atomic E-state index is -0.985. The molecule has 2 N–H and O–H groups in total. The molecule has 3 rings (SSSR count). The van der Waals surface area contributed by atoms with Crippen molar-refractivity contribution in [3.8, 4) is 11.1 Å². The molecule has 2 amide bonds. The summed E-state index contributed by atoms with van der Waals surface area (Å²) < 4.78 is 0. The first-order valence-corrected chi connectivity index (χ1v) is 7.59. The van der Waals surface area contributed by atoms with Crippen LogP contribution in [0.1, 0.15) is 6.42 Å². The number of carbonyl (C=O) groups is 2. The maximum absolute atomic E-state index is 12.3. The highest BCUT2D eigenvalue weighted by atomic mass is 35.5. The van der Waals surface area contributed by atoms with Gasteiger partial charge in [-0.15, -0.1) is 0 Å². The lowest BCUT2D eigenvalue weighted by atomic mass is 10.0. The molecule has 5 nitrogen and oxygen atoms in total. The second-order valence-corrected chi connectivity index (χ2v) is 5.76. The number of likely N-dealkylation sites (tertiary alicyclic amines) is 1. The summed E-state index contributed by atoms with van der Waals surface area (Å²) in [4.78, 5) is 24.7. The largest absolute Gasteiger partial charge is 0.480 e. The Morgan fingerprint density at radius 3 is 2.52 bits per heavy atom. The van der Waals surface area contributed by atoms with E-state index in [1.807, 2.05) is 36.4 Å². The van der Waals surface area contributed by atoms with Crippen LogP contribution < -0.4 is 5.32 Å². The lowest BCUT2D eigenvalue weighted by Gasteiger charge is -2.37. The number of hydrogen-bond donors (Lipinski definition) is 2. The van der Waals surface area contributed by atoms with E-state index in [2.05, 4.69) is 5.32 Å². The lowest BCUT2D eigenvalue weighted by molar-refractivity contribution is -0.145. The SMILES string of the molecule is O=C(O)C1CCN1C(=O)Nc1cc(Cl)ccc1-c1ccccc1. The van der Waals surface area contributed by atoms with Gasteiger partial charge in [0, 0.05) is 17.1 Å². The van der Waals surface area contributed by atoms with Crippen LogP contribution in [-0.4, -0.2) is 34.6 Å². The first-order chi connectivity index (χ1) is 11.1. The quantitative estimate of drug-likeness (QED) is 0.901. The van der Waals surface area contributed by atoms with Crippen molar-refractivity contribution in [3.05, 3.63) is 53.6 Å². The fourth-order valence-electron chi connectivity index (χ4n) is 2.56. The molecule has 1 fully saturated rings. The third-order valence-corrected chi connectivity index (χ3v) is 4.11. The van der Waals surface area contributed by atoms with E-state index in [1.54, 1.807) is 12.1 Å². The van der Waals surface area contributed by atoms with Crippen LogP contribution in [0, 0.1) is 0 Å². The zero-order chi connectivity index (χ0) is 16.4. The minimum absolute atomic E-state index is 0.428. The first kappa shape index (κ1) is 15.4. The molecule has 1 unspecified atom stereocenters. The second kappa shape index (κ2) is 6.30.